The molecule has 1 radical (unpaired) electrons. The maximum Gasteiger partial charge on any atom is 0.155 e. The van der Waals surface area contributed by atoms with E-state index in [-0.39, 0.29) is 31.6 Å². The van der Waals surface area contributed by atoms with Gasteiger partial charge in [-0.25, -0.2) is 0 Å². The topological polar surface area (TPSA) is 63.1 Å². The number of benzene rings is 3. The van der Waals surface area contributed by atoms with E-state index in [1.54, 1.807) is 0 Å². The van der Waals surface area contributed by atoms with Crippen molar-refractivity contribution in [2.75, 3.05) is 0 Å². The molecule has 1 N–H and O–H groups in total. The second kappa shape index (κ2) is 11.1. The van der Waals surface area contributed by atoms with Crippen LogP contribution in [0.4, 0.5) is 0 Å². The Morgan fingerprint density at radius 2 is 1.40 bits per heavy atom. The predicted octanol–water partition coefficient (Wildman–Crippen LogP) is 5.80. The molecule has 0 saturated carbocycles. The average molecular weight is 574 g/mol. The molecule has 0 saturated heterocycles. The number of carbonyl (C=O) groups excluding carboxylic acids is 1. The van der Waals surface area contributed by atoms with Crippen LogP contribution in [-0.2, 0) is 24.9 Å². The monoisotopic (exact) mass is 574 g/mol. The van der Waals surface area contributed by atoms with Gasteiger partial charge in [-0.1, -0.05) is 42.5 Å². The van der Waals surface area contributed by atoms with E-state index in [4.69, 9.17) is 15.1 Å². The van der Waals surface area contributed by atoms with E-state index < -0.39 is 0 Å². The molecule has 0 aliphatic rings. The fourth-order valence-corrected chi connectivity index (χ4v) is 2.82. The quantitative estimate of drug-likeness (QED) is 0.191. The van der Waals surface area contributed by atoms with Crippen LogP contribution >= 0.6 is 0 Å². The van der Waals surface area contributed by atoms with Gasteiger partial charge >= 0.3 is 0 Å². The number of para-hydroxylation sites is 2. The second-order valence-corrected chi connectivity index (χ2v) is 6.45. The molecule has 0 spiro atoms. The molecular weight excluding hydrogens is 553 g/mol. The molecule has 4 rings (SSSR count). The SMILES string of the molecule is CC(=O)/C=C(/C)O.[Ir].[c-]1ccccc1-c1nc2ccccc2nc1-c1ccccc1. The number of hydrogen-bond acceptors (Lipinski definition) is 4. The van der Waals surface area contributed by atoms with Crippen molar-refractivity contribution < 1.29 is 30.0 Å². The molecule has 4 aromatic rings. The minimum atomic E-state index is -0.125. The standard InChI is InChI=1S/C20H13N2.C5H8O2.Ir/c1-3-9-15(10-4-1)19-20(16-11-5-2-6-12-16)22-18-14-8-7-13-17(18)21-19;1-4(6)3-5(2)7;/h1-11,13-14H;3,6H,1-2H3;/q-1;;/b;4-3-;. The Labute approximate surface area is 189 Å². The molecule has 3 aromatic carbocycles. The van der Waals surface area contributed by atoms with Gasteiger partial charge in [0.25, 0.3) is 0 Å². The largest absolute Gasteiger partial charge is 0.512 e. The molecule has 0 fully saturated rings. The summed E-state index contributed by atoms with van der Waals surface area (Å²) in [7, 11) is 0. The van der Waals surface area contributed by atoms with Gasteiger partial charge in [0.15, 0.2) is 5.78 Å². The molecule has 153 valence electrons. The first-order chi connectivity index (χ1) is 14.0. The average Bonchev–Trinajstić information content (AvgIpc) is 2.73. The molecule has 0 aliphatic heterocycles. The van der Waals surface area contributed by atoms with Crippen molar-refractivity contribution in [3.8, 4) is 22.5 Å². The summed E-state index contributed by atoms with van der Waals surface area (Å²) in [4.78, 5) is 19.7. The fraction of sp³-hybridized carbons (Fsp3) is 0.0800. The summed E-state index contributed by atoms with van der Waals surface area (Å²) in [5.74, 6) is -0.0625. The van der Waals surface area contributed by atoms with Crippen LogP contribution in [-0.4, -0.2) is 20.9 Å². The zero-order valence-electron chi connectivity index (χ0n) is 16.7. The molecule has 30 heavy (non-hydrogen) atoms. The molecule has 5 heteroatoms. The Morgan fingerprint density at radius 3 is 1.90 bits per heavy atom. The first-order valence-corrected chi connectivity index (χ1v) is 9.21. The minimum Gasteiger partial charge on any atom is -0.512 e. The van der Waals surface area contributed by atoms with Gasteiger partial charge in [0.2, 0.25) is 0 Å². The summed E-state index contributed by atoms with van der Waals surface area (Å²) < 4.78 is 0. The molecule has 0 atom stereocenters. The second-order valence-electron chi connectivity index (χ2n) is 6.45. The number of hydrogen-bond donors (Lipinski definition) is 1. The number of aromatic nitrogens is 2. The minimum absolute atomic E-state index is 0. The molecule has 4 nitrogen and oxygen atoms in total. The van der Waals surface area contributed by atoms with Crippen molar-refractivity contribution in [3.05, 3.63) is 96.8 Å². The van der Waals surface area contributed by atoms with Crippen molar-refractivity contribution in [2.45, 2.75) is 13.8 Å². The number of rotatable bonds is 3. The summed E-state index contributed by atoms with van der Waals surface area (Å²) in [6.45, 7) is 2.85. The van der Waals surface area contributed by atoms with Crippen LogP contribution in [0.3, 0.4) is 0 Å². The smallest absolute Gasteiger partial charge is 0.155 e. The summed E-state index contributed by atoms with van der Waals surface area (Å²) in [6.07, 6.45) is 1.17. The molecule has 0 aliphatic carbocycles. The van der Waals surface area contributed by atoms with Crippen LogP contribution in [0.25, 0.3) is 33.5 Å². The van der Waals surface area contributed by atoms with Crippen LogP contribution in [0, 0.1) is 6.07 Å². The first-order valence-electron chi connectivity index (χ1n) is 9.21. The maximum atomic E-state index is 10.0. The van der Waals surface area contributed by atoms with Gasteiger partial charge in [0.1, 0.15) is 0 Å². The van der Waals surface area contributed by atoms with Crippen molar-refractivity contribution in [1.29, 1.82) is 0 Å². The van der Waals surface area contributed by atoms with E-state index >= 15 is 0 Å². The van der Waals surface area contributed by atoms with Gasteiger partial charge < -0.3 is 5.11 Å². The van der Waals surface area contributed by atoms with E-state index in [9.17, 15) is 4.79 Å². The Kier molecular flexibility index (Phi) is 8.60. The van der Waals surface area contributed by atoms with Crippen molar-refractivity contribution >= 4 is 16.8 Å². The van der Waals surface area contributed by atoms with Crippen LogP contribution in [0.1, 0.15) is 13.8 Å². The zero-order chi connectivity index (χ0) is 20.6. The van der Waals surface area contributed by atoms with Crippen molar-refractivity contribution in [2.24, 2.45) is 0 Å². The molecular formula is C25H21IrN2O2-. The number of ketones is 1. The van der Waals surface area contributed by atoms with E-state index in [2.05, 4.69) is 18.2 Å². The third-order valence-electron chi connectivity index (χ3n) is 3.99. The van der Waals surface area contributed by atoms with Gasteiger partial charge in [-0.2, -0.15) is 0 Å². The number of aliphatic hydroxyl groups excluding tert-OH is 1. The number of allylic oxidation sites excluding steroid dienone is 2. The van der Waals surface area contributed by atoms with E-state index in [0.29, 0.717) is 0 Å². The normalized spacial score (nSPS) is 10.5. The zero-order valence-corrected chi connectivity index (χ0v) is 19.1. The molecule has 0 amide bonds. The van der Waals surface area contributed by atoms with Gasteiger partial charge in [-0.15, -0.1) is 35.9 Å². The summed E-state index contributed by atoms with van der Waals surface area (Å²) in [5, 5.41) is 8.36. The van der Waals surface area contributed by atoms with Crippen LogP contribution in [0.5, 0.6) is 0 Å². The van der Waals surface area contributed by atoms with Crippen molar-refractivity contribution in [3.63, 3.8) is 0 Å². The third kappa shape index (κ3) is 6.18. The Bertz CT molecular complexity index is 1060. The van der Waals surface area contributed by atoms with Gasteiger partial charge in [-0.05, 0) is 31.5 Å². The summed E-state index contributed by atoms with van der Waals surface area (Å²) in [5.41, 5.74) is 5.58. The predicted molar refractivity (Wildman–Crippen MR) is 116 cm³/mol. The fourth-order valence-electron chi connectivity index (χ4n) is 2.82. The Hall–Kier alpha value is -3.14. The number of nitrogens with zero attached hydrogens (tertiary/aromatic N) is 2. The van der Waals surface area contributed by atoms with Crippen molar-refractivity contribution in [1.82, 2.24) is 9.97 Å². The maximum absolute atomic E-state index is 10.0. The van der Waals surface area contributed by atoms with Crippen LogP contribution < -0.4 is 0 Å². The number of fused-ring (bicyclic) bond motifs is 1. The molecule has 0 unspecified atom stereocenters. The summed E-state index contributed by atoms with van der Waals surface area (Å²) >= 11 is 0. The number of aliphatic hydroxyl groups is 1. The Morgan fingerprint density at radius 1 is 0.833 bits per heavy atom. The van der Waals surface area contributed by atoms with Gasteiger partial charge in [0.05, 0.1) is 22.5 Å². The van der Waals surface area contributed by atoms with E-state index in [0.717, 1.165) is 33.5 Å². The van der Waals surface area contributed by atoms with Gasteiger partial charge in [0, 0.05) is 31.9 Å². The molecule has 1 heterocycles. The molecule has 0 bridgehead atoms. The van der Waals surface area contributed by atoms with E-state index in [1.807, 2.05) is 66.7 Å². The van der Waals surface area contributed by atoms with Crippen LogP contribution in [0.2, 0.25) is 0 Å². The van der Waals surface area contributed by atoms with Crippen LogP contribution in [0.15, 0.2) is 90.7 Å². The molecule has 1 aromatic heterocycles. The number of carbonyl (C=O) groups is 1. The van der Waals surface area contributed by atoms with E-state index in [1.165, 1.54) is 19.9 Å². The van der Waals surface area contributed by atoms with Gasteiger partial charge in [-0.3, -0.25) is 14.8 Å². The first kappa shape index (κ1) is 23.1. The third-order valence-corrected chi connectivity index (χ3v) is 3.99. The summed E-state index contributed by atoms with van der Waals surface area (Å²) in [6, 6.07) is 29.3. The Balaban J connectivity index is 0.000000350.